The van der Waals surface area contributed by atoms with Gasteiger partial charge in [-0.3, -0.25) is 14.8 Å². The molecule has 3 heterocycles. The van der Waals surface area contributed by atoms with Gasteiger partial charge in [0.25, 0.3) is 0 Å². The van der Waals surface area contributed by atoms with Crippen molar-refractivity contribution in [1.29, 1.82) is 0 Å². The lowest BCUT2D eigenvalue weighted by molar-refractivity contribution is 0.0146. The number of ether oxygens (including phenoxy) is 3. The Morgan fingerprint density at radius 2 is 1.90 bits per heavy atom. The number of carbonyl (C=O) groups is 2. The van der Waals surface area contributed by atoms with Crippen LogP contribution in [-0.4, -0.2) is 77.3 Å². The summed E-state index contributed by atoms with van der Waals surface area (Å²) in [6, 6.07) is 11.3. The van der Waals surface area contributed by atoms with Gasteiger partial charge in [0.15, 0.2) is 5.76 Å². The van der Waals surface area contributed by atoms with E-state index in [9.17, 15) is 9.59 Å². The van der Waals surface area contributed by atoms with Crippen molar-refractivity contribution in [2.75, 3.05) is 39.8 Å². The summed E-state index contributed by atoms with van der Waals surface area (Å²) in [7, 11) is 1.60. The standard InChI is InChI=1S/C30H34N4O5/c1-30(2,3)39-29(36)34-17-15-33(16-18-34)14-8-7-10-21-25(37-4)13-12-22-27(35)26(38-28(21)22)19-24-20-9-5-6-11-23(20)31-32-24/h5-7,9-13,19H,8,14-18H2,1-4H3,(H,31,32)/b10-7-,26-19-. The molecule has 1 amide bonds. The minimum atomic E-state index is -0.490. The molecule has 0 spiro atoms. The van der Waals surface area contributed by atoms with Crippen LogP contribution in [-0.2, 0) is 4.74 Å². The number of H-pyrrole nitrogens is 1. The van der Waals surface area contributed by atoms with Crippen molar-refractivity contribution >= 4 is 34.9 Å². The fraction of sp³-hybridized carbons (Fsp3) is 0.367. The third-order valence-corrected chi connectivity index (χ3v) is 6.74. The van der Waals surface area contributed by atoms with Gasteiger partial charge in [-0.2, -0.15) is 5.10 Å². The summed E-state index contributed by atoms with van der Waals surface area (Å²) in [5, 5.41) is 8.24. The molecule has 1 aromatic heterocycles. The number of benzene rings is 2. The Kier molecular flexibility index (Phi) is 7.43. The van der Waals surface area contributed by atoms with Gasteiger partial charge in [-0.25, -0.2) is 4.79 Å². The number of aromatic nitrogens is 2. The van der Waals surface area contributed by atoms with Crippen LogP contribution in [0.1, 0.15) is 48.8 Å². The first-order valence-electron chi connectivity index (χ1n) is 13.2. The maximum absolute atomic E-state index is 13.2. The maximum atomic E-state index is 13.2. The van der Waals surface area contributed by atoms with Crippen LogP contribution in [0.3, 0.4) is 0 Å². The van der Waals surface area contributed by atoms with Crippen LogP contribution in [0.25, 0.3) is 23.1 Å². The SMILES string of the molecule is COc1ccc2c(c1/C=C\CCN1CCN(C(=O)OC(C)(C)C)CC1)O/C(=C\c1n[nH]c3ccccc13)C2=O. The number of fused-ring (bicyclic) bond motifs is 2. The Morgan fingerprint density at radius 1 is 1.13 bits per heavy atom. The minimum absolute atomic E-state index is 0.183. The molecule has 2 aliphatic rings. The number of hydrogen-bond donors (Lipinski definition) is 1. The first-order chi connectivity index (χ1) is 18.7. The van der Waals surface area contributed by atoms with E-state index >= 15 is 0 Å². The number of nitrogens with one attached hydrogen (secondary N) is 1. The molecule has 1 fully saturated rings. The zero-order valence-corrected chi connectivity index (χ0v) is 22.8. The van der Waals surface area contributed by atoms with Crippen molar-refractivity contribution in [2.24, 2.45) is 0 Å². The molecule has 0 saturated carbocycles. The zero-order chi connectivity index (χ0) is 27.6. The number of piperazine rings is 1. The van der Waals surface area contributed by atoms with Gasteiger partial charge >= 0.3 is 6.09 Å². The van der Waals surface area contributed by atoms with Crippen molar-refractivity contribution < 1.29 is 23.8 Å². The number of rotatable bonds is 6. The molecule has 9 nitrogen and oxygen atoms in total. The van der Waals surface area contributed by atoms with E-state index in [1.165, 1.54) is 0 Å². The number of hydrogen-bond acceptors (Lipinski definition) is 7. The number of amides is 1. The average molecular weight is 531 g/mol. The number of methoxy groups -OCH3 is 1. The molecule has 5 rings (SSSR count). The molecule has 39 heavy (non-hydrogen) atoms. The van der Waals surface area contributed by atoms with Gasteiger partial charge in [-0.1, -0.05) is 30.4 Å². The van der Waals surface area contributed by atoms with Crippen LogP contribution < -0.4 is 9.47 Å². The fourth-order valence-electron chi connectivity index (χ4n) is 4.75. The largest absolute Gasteiger partial charge is 0.496 e. The van der Waals surface area contributed by atoms with Gasteiger partial charge in [0, 0.05) is 44.2 Å². The van der Waals surface area contributed by atoms with Gasteiger partial charge < -0.3 is 19.1 Å². The Labute approximate surface area is 228 Å². The molecular weight excluding hydrogens is 496 g/mol. The number of carbonyl (C=O) groups excluding carboxylic acids is 2. The van der Waals surface area contributed by atoms with E-state index in [4.69, 9.17) is 14.2 Å². The van der Waals surface area contributed by atoms with E-state index in [0.29, 0.717) is 35.8 Å². The molecular formula is C30H34N4O5. The van der Waals surface area contributed by atoms with Crippen molar-refractivity contribution in [3.05, 3.63) is 65.1 Å². The first-order valence-corrected chi connectivity index (χ1v) is 13.2. The van der Waals surface area contributed by atoms with E-state index in [1.54, 1.807) is 30.2 Å². The first kappa shape index (κ1) is 26.5. The Hall–Kier alpha value is -4.11. The lowest BCUT2D eigenvalue weighted by atomic mass is 10.0. The number of nitrogens with zero attached hydrogens (tertiary/aromatic N) is 3. The van der Waals surface area contributed by atoms with Crippen LogP contribution >= 0.6 is 0 Å². The second-order valence-electron chi connectivity index (χ2n) is 10.7. The predicted octanol–water partition coefficient (Wildman–Crippen LogP) is 5.14. The molecule has 0 unspecified atom stereocenters. The van der Waals surface area contributed by atoms with Crippen LogP contribution in [0.2, 0.25) is 0 Å². The van der Waals surface area contributed by atoms with Crippen LogP contribution in [0, 0.1) is 0 Å². The zero-order valence-electron chi connectivity index (χ0n) is 22.8. The molecule has 0 radical (unpaired) electrons. The topological polar surface area (TPSA) is 97.0 Å². The van der Waals surface area contributed by atoms with E-state index < -0.39 is 5.60 Å². The van der Waals surface area contributed by atoms with Gasteiger partial charge in [-0.15, -0.1) is 0 Å². The highest BCUT2D eigenvalue weighted by Crippen LogP contribution is 2.41. The average Bonchev–Trinajstić information content (AvgIpc) is 3.47. The summed E-state index contributed by atoms with van der Waals surface area (Å²) in [6.45, 7) is 9.38. The smallest absolute Gasteiger partial charge is 0.410 e. The molecule has 2 aromatic carbocycles. The Morgan fingerprint density at radius 3 is 2.64 bits per heavy atom. The fourth-order valence-corrected chi connectivity index (χ4v) is 4.75. The molecule has 0 atom stereocenters. The highest BCUT2D eigenvalue weighted by molar-refractivity contribution is 6.15. The Bertz CT molecular complexity index is 1440. The third kappa shape index (κ3) is 5.83. The van der Waals surface area contributed by atoms with Crippen molar-refractivity contribution in [2.45, 2.75) is 32.8 Å². The molecule has 0 aliphatic carbocycles. The molecule has 9 heteroatoms. The van der Waals surface area contributed by atoms with Crippen molar-refractivity contribution in [3.63, 3.8) is 0 Å². The number of ketones is 1. The summed E-state index contributed by atoms with van der Waals surface area (Å²) in [6.07, 6.45) is 6.24. The Balaban J connectivity index is 1.24. The van der Waals surface area contributed by atoms with Crippen LogP contribution in [0.5, 0.6) is 11.5 Å². The minimum Gasteiger partial charge on any atom is -0.496 e. The molecule has 1 N–H and O–H groups in total. The molecule has 0 bridgehead atoms. The van der Waals surface area contributed by atoms with E-state index in [0.717, 1.165) is 42.5 Å². The second kappa shape index (κ2) is 10.9. The maximum Gasteiger partial charge on any atom is 0.410 e. The number of allylic oxidation sites excluding steroid dienone is 1. The quantitative estimate of drug-likeness (QED) is 0.441. The van der Waals surface area contributed by atoms with Crippen LogP contribution in [0.15, 0.2) is 48.2 Å². The number of para-hydroxylation sites is 1. The summed E-state index contributed by atoms with van der Waals surface area (Å²) in [4.78, 5) is 29.6. The van der Waals surface area contributed by atoms with Gasteiger partial charge in [0.2, 0.25) is 5.78 Å². The number of Topliss-reactive ketones (excluding diaryl/α,β-unsaturated/α-hetero) is 1. The summed E-state index contributed by atoms with van der Waals surface area (Å²) in [5.41, 5.74) is 2.28. The van der Waals surface area contributed by atoms with E-state index in [-0.39, 0.29) is 17.6 Å². The highest BCUT2D eigenvalue weighted by atomic mass is 16.6. The van der Waals surface area contributed by atoms with Gasteiger partial charge in [0.1, 0.15) is 17.1 Å². The van der Waals surface area contributed by atoms with E-state index in [2.05, 4.69) is 21.2 Å². The van der Waals surface area contributed by atoms with Gasteiger partial charge in [0.05, 0.1) is 29.4 Å². The van der Waals surface area contributed by atoms with Crippen molar-refractivity contribution in [3.8, 4) is 11.5 Å². The summed E-state index contributed by atoms with van der Waals surface area (Å²) < 4.78 is 17.2. The summed E-state index contributed by atoms with van der Waals surface area (Å²) in [5.74, 6) is 1.17. The third-order valence-electron chi connectivity index (χ3n) is 6.74. The van der Waals surface area contributed by atoms with Crippen molar-refractivity contribution in [1.82, 2.24) is 20.0 Å². The lowest BCUT2D eigenvalue weighted by Gasteiger charge is -2.35. The normalized spacial score (nSPS) is 17.2. The van der Waals surface area contributed by atoms with E-state index in [1.807, 2.05) is 51.1 Å². The predicted molar refractivity (Wildman–Crippen MR) is 150 cm³/mol. The second-order valence-corrected chi connectivity index (χ2v) is 10.7. The molecule has 204 valence electrons. The lowest BCUT2D eigenvalue weighted by Crippen LogP contribution is -2.50. The highest BCUT2D eigenvalue weighted by Gasteiger charge is 2.31. The monoisotopic (exact) mass is 530 g/mol. The van der Waals surface area contributed by atoms with Gasteiger partial charge in [-0.05, 0) is 45.4 Å². The molecule has 2 aliphatic heterocycles. The molecule has 1 saturated heterocycles. The molecule has 3 aromatic rings. The summed E-state index contributed by atoms with van der Waals surface area (Å²) >= 11 is 0. The van der Waals surface area contributed by atoms with Crippen LogP contribution in [0.4, 0.5) is 4.79 Å². The number of aromatic amines is 1.